The molecule has 2 rings (SSSR count). The summed E-state index contributed by atoms with van der Waals surface area (Å²) in [5, 5.41) is 7.98. The van der Waals surface area contributed by atoms with Crippen molar-refractivity contribution in [2.75, 3.05) is 6.54 Å². The lowest BCUT2D eigenvalue weighted by atomic mass is 9.89. The number of rotatable bonds is 5. The number of aromatic nitrogens is 2. The molecule has 0 atom stereocenters. The molecule has 1 aromatic carbocycles. The number of hydrogen-bond donors (Lipinski definition) is 1. The quantitative estimate of drug-likeness (QED) is 0.857. The fraction of sp³-hybridized carbons (Fsp3) is 0.471. The van der Waals surface area contributed by atoms with Gasteiger partial charge in [0.2, 0.25) is 0 Å². The third-order valence-corrected chi connectivity index (χ3v) is 3.41. The van der Waals surface area contributed by atoms with Gasteiger partial charge in [-0.2, -0.15) is 5.10 Å². The van der Waals surface area contributed by atoms with Crippen LogP contribution in [-0.2, 0) is 25.4 Å². The van der Waals surface area contributed by atoms with Gasteiger partial charge in [0.25, 0.3) is 0 Å². The number of hydrogen-bond acceptors (Lipinski definition) is 2. The lowest BCUT2D eigenvalue weighted by molar-refractivity contribution is 0.543. The monoisotopic (exact) mass is 289 g/mol. The normalized spacial score (nSPS) is 11.9. The van der Waals surface area contributed by atoms with E-state index in [1.807, 2.05) is 17.8 Å². The summed E-state index contributed by atoms with van der Waals surface area (Å²) in [6, 6.07) is 6.77. The molecule has 114 valence electrons. The van der Waals surface area contributed by atoms with Crippen molar-refractivity contribution < 1.29 is 4.39 Å². The highest BCUT2D eigenvalue weighted by molar-refractivity contribution is 5.24. The molecule has 1 aromatic heterocycles. The van der Waals surface area contributed by atoms with Crippen molar-refractivity contribution in [2.45, 2.75) is 39.2 Å². The van der Waals surface area contributed by atoms with Crippen LogP contribution < -0.4 is 5.32 Å². The maximum atomic E-state index is 13.1. The molecule has 4 heteroatoms. The van der Waals surface area contributed by atoms with Crippen LogP contribution >= 0.6 is 0 Å². The molecule has 3 nitrogen and oxygen atoms in total. The molecule has 1 heterocycles. The maximum absolute atomic E-state index is 13.1. The average Bonchev–Trinajstić information content (AvgIpc) is 2.76. The first-order valence-electron chi connectivity index (χ1n) is 7.34. The topological polar surface area (TPSA) is 29.9 Å². The van der Waals surface area contributed by atoms with Crippen LogP contribution in [0, 0.1) is 5.82 Å². The highest BCUT2D eigenvalue weighted by Crippen LogP contribution is 2.23. The first-order chi connectivity index (χ1) is 9.86. The molecule has 0 fully saturated rings. The molecule has 0 aliphatic carbocycles. The Labute approximate surface area is 126 Å². The average molecular weight is 289 g/mol. The number of nitrogens with zero attached hydrogens (tertiary/aromatic N) is 2. The minimum absolute atomic E-state index is 0.0425. The second kappa shape index (κ2) is 6.39. The summed E-state index contributed by atoms with van der Waals surface area (Å²) in [6.45, 7) is 8.13. The van der Waals surface area contributed by atoms with Gasteiger partial charge in [0.15, 0.2) is 0 Å². The fourth-order valence-corrected chi connectivity index (χ4v) is 2.45. The summed E-state index contributed by atoms with van der Waals surface area (Å²) in [4.78, 5) is 0. The second-order valence-electron chi connectivity index (χ2n) is 6.48. The molecule has 1 N–H and O–H groups in total. The lowest BCUT2D eigenvalue weighted by Gasteiger charge is -2.17. The summed E-state index contributed by atoms with van der Waals surface area (Å²) in [7, 11) is 1.95. The predicted molar refractivity (Wildman–Crippen MR) is 83.7 cm³/mol. The Balaban J connectivity index is 1.89. The first-order valence-corrected chi connectivity index (χ1v) is 7.34. The molecule has 2 aromatic rings. The molecule has 21 heavy (non-hydrogen) atoms. The molecule has 0 saturated carbocycles. The van der Waals surface area contributed by atoms with Gasteiger partial charge >= 0.3 is 0 Å². The van der Waals surface area contributed by atoms with Crippen LogP contribution in [0.2, 0.25) is 0 Å². The van der Waals surface area contributed by atoms with E-state index in [1.165, 1.54) is 11.6 Å². The number of nitrogens with one attached hydrogen (secondary N) is 1. The highest BCUT2D eigenvalue weighted by atomic mass is 19.1. The van der Waals surface area contributed by atoms with Crippen molar-refractivity contribution in [1.29, 1.82) is 0 Å². The summed E-state index contributed by atoms with van der Waals surface area (Å²) in [6.07, 6.45) is 2.89. The Morgan fingerprint density at radius 3 is 2.71 bits per heavy atom. The van der Waals surface area contributed by atoms with Gasteiger partial charge in [0.05, 0.1) is 5.69 Å². The summed E-state index contributed by atoms with van der Waals surface area (Å²) in [5.41, 5.74) is 3.41. The van der Waals surface area contributed by atoms with Gasteiger partial charge in [0.1, 0.15) is 5.82 Å². The smallest absolute Gasteiger partial charge is 0.123 e. The molecule has 0 aliphatic rings. The van der Waals surface area contributed by atoms with Crippen LogP contribution in [0.1, 0.15) is 37.6 Å². The Hall–Kier alpha value is -1.68. The van der Waals surface area contributed by atoms with E-state index in [2.05, 4.69) is 37.4 Å². The molecule has 0 aliphatic heterocycles. The third-order valence-electron chi connectivity index (χ3n) is 3.41. The SMILES string of the molecule is Cn1cc(CNCCc2cccc(F)c2)c(C(C)(C)C)n1. The van der Waals surface area contributed by atoms with Crippen molar-refractivity contribution in [3.8, 4) is 0 Å². The van der Waals surface area contributed by atoms with Crippen molar-refractivity contribution in [1.82, 2.24) is 15.1 Å². The molecular weight excluding hydrogens is 265 g/mol. The first kappa shape index (κ1) is 15.7. The van der Waals surface area contributed by atoms with Crippen molar-refractivity contribution in [3.05, 3.63) is 53.1 Å². The van der Waals surface area contributed by atoms with Crippen LogP contribution in [0.4, 0.5) is 4.39 Å². The second-order valence-corrected chi connectivity index (χ2v) is 6.48. The Bertz CT molecular complexity index is 596. The predicted octanol–water partition coefficient (Wildman–Crippen LogP) is 3.19. The van der Waals surface area contributed by atoms with E-state index >= 15 is 0 Å². The van der Waals surface area contributed by atoms with E-state index in [1.54, 1.807) is 12.1 Å². The summed E-state index contributed by atoms with van der Waals surface area (Å²) < 4.78 is 15.0. The zero-order valence-corrected chi connectivity index (χ0v) is 13.3. The van der Waals surface area contributed by atoms with Crippen LogP contribution in [0.5, 0.6) is 0 Å². The fourth-order valence-electron chi connectivity index (χ4n) is 2.45. The molecule has 0 radical (unpaired) electrons. The molecule has 0 unspecified atom stereocenters. The minimum atomic E-state index is -0.172. The van der Waals surface area contributed by atoms with Gasteiger partial charge in [-0.05, 0) is 30.7 Å². The largest absolute Gasteiger partial charge is 0.312 e. The Morgan fingerprint density at radius 2 is 2.05 bits per heavy atom. The summed E-state index contributed by atoms with van der Waals surface area (Å²) >= 11 is 0. The molecule has 0 spiro atoms. The van der Waals surface area contributed by atoms with Gasteiger partial charge < -0.3 is 5.32 Å². The molecule has 0 saturated heterocycles. The van der Waals surface area contributed by atoms with E-state index in [0.29, 0.717) is 0 Å². The zero-order valence-electron chi connectivity index (χ0n) is 13.3. The van der Waals surface area contributed by atoms with Gasteiger partial charge in [-0.3, -0.25) is 4.68 Å². The van der Waals surface area contributed by atoms with E-state index in [-0.39, 0.29) is 11.2 Å². The molecule has 0 amide bonds. The lowest BCUT2D eigenvalue weighted by Crippen LogP contribution is -2.20. The maximum Gasteiger partial charge on any atom is 0.123 e. The molecular formula is C17H24FN3. The Kier molecular flexibility index (Phi) is 4.78. The van der Waals surface area contributed by atoms with Gasteiger partial charge in [-0.15, -0.1) is 0 Å². The minimum Gasteiger partial charge on any atom is -0.312 e. The van der Waals surface area contributed by atoms with Crippen LogP contribution in [0.25, 0.3) is 0 Å². The number of benzene rings is 1. The zero-order chi connectivity index (χ0) is 15.5. The third kappa shape index (κ3) is 4.39. The van der Waals surface area contributed by atoms with Crippen LogP contribution in [-0.4, -0.2) is 16.3 Å². The van der Waals surface area contributed by atoms with E-state index in [0.717, 1.165) is 30.8 Å². The van der Waals surface area contributed by atoms with Gasteiger partial charge in [0, 0.05) is 30.8 Å². The summed E-state index contributed by atoms with van der Waals surface area (Å²) in [5.74, 6) is -0.172. The van der Waals surface area contributed by atoms with Crippen molar-refractivity contribution >= 4 is 0 Å². The van der Waals surface area contributed by atoms with E-state index in [9.17, 15) is 4.39 Å². The highest BCUT2D eigenvalue weighted by Gasteiger charge is 2.21. The van der Waals surface area contributed by atoms with Crippen LogP contribution in [0.15, 0.2) is 30.5 Å². The van der Waals surface area contributed by atoms with Gasteiger partial charge in [-0.25, -0.2) is 4.39 Å². The van der Waals surface area contributed by atoms with Gasteiger partial charge in [-0.1, -0.05) is 32.9 Å². The molecule has 0 bridgehead atoms. The van der Waals surface area contributed by atoms with Crippen molar-refractivity contribution in [2.24, 2.45) is 7.05 Å². The Morgan fingerprint density at radius 1 is 1.29 bits per heavy atom. The standard InChI is InChI=1S/C17H24FN3/c1-17(2,3)16-14(12-21(4)20-16)11-19-9-8-13-6-5-7-15(18)10-13/h5-7,10,12,19H,8-9,11H2,1-4H3. The number of halogens is 1. The van der Waals surface area contributed by atoms with E-state index in [4.69, 9.17) is 0 Å². The van der Waals surface area contributed by atoms with Crippen molar-refractivity contribution in [3.63, 3.8) is 0 Å². The van der Waals surface area contributed by atoms with E-state index < -0.39 is 0 Å². The number of aryl methyl sites for hydroxylation is 1. The van der Waals surface area contributed by atoms with Crippen LogP contribution in [0.3, 0.4) is 0 Å².